The lowest BCUT2D eigenvalue weighted by Gasteiger charge is -2.23. The topological polar surface area (TPSA) is 58.2 Å². The van der Waals surface area contributed by atoms with Crippen LogP contribution in [0, 0.1) is 6.92 Å². The van der Waals surface area contributed by atoms with Crippen LogP contribution in [-0.4, -0.2) is 41.3 Å². The highest BCUT2D eigenvalue weighted by Crippen LogP contribution is 2.42. The first-order valence-electron chi connectivity index (χ1n) is 10.2. The first kappa shape index (κ1) is 22.6. The van der Waals surface area contributed by atoms with Crippen molar-refractivity contribution in [2.45, 2.75) is 26.3 Å². The van der Waals surface area contributed by atoms with Crippen molar-refractivity contribution in [3.05, 3.63) is 53.6 Å². The fourth-order valence-corrected chi connectivity index (χ4v) is 3.77. The number of hydrogen-bond donors (Lipinski definition) is 1. The molecule has 0 radical (unpaired) electrons. The van der Waals surface area contributed by atoms with E-state index in [1.165, 1.54) is 0 Å². The first-order valence-corrected chi connectivity index (χ1v) is 10.2. The molecule has 0 amide bonds. The van der Waals surface area contributed by atoms with Gasteiger partial charge in [-0.3, -0.25) is 0 Å². The van der Waals surface area contributed by atoms with Gasteiger partial charge in [0, 0.05) is 19.2 Å². The van der Waals surface area contributed by atoms with Gasteiger partial charge in [-0.15, -0.1) is 0 Å². The lowest BCUT2D eigenvalue weighted by Crippen LogP contribution is -2.20. The normalized spacial score (nSPS) is 11.8. The summed E-state index contributed by atoms with van der Waals surface area (Å²) >= 11 is 0. The van der Waals surface area contributed by atoms with Crippen molar-refractivity contribution in [2.75, 3.05) is 40.5 Å². The number of benzene rings is 3. The Kier molecular flexibility index (Phi) is 7.47. The monoisotopic (exact) mass is 425 g/mol. The number of fused-ring (bicyclic) bond motifs is 1. The van der Waals surface area contributed by atoms with Crippen molar-refractivity contribution in [3.8, 4) is 23.0 Å². The zero-order chi connectivity index (χ0) is 22.4. The molecule has 0 fully saturated rings. The van der Waals surface area contributed by atoms with E-state index in [1.54, 1.807) is 28.4 Å². The molecule has 6 heteroatoms. The van der Waals surface area contributed by atoms with Gasteiger partial charge in [-0.25, -0.2) is 0 Å². The lowest BCUT2D eigenvalue weighted by atomic mass is 10.0. The average molecular weight is 426 g/mol. The van der Waals surface area contributed by atoms with Crippen LogP contribution in [0.25, 0.3) is 10.8 Å². The molecule has 0 heterocycles. The summed E-state index contributed by atoms with van der Waals surface area (Å²) in [6, 6.07) is 14.2. The van der Waals surface area contributed by atoms with Crippen molar-refractivity contribution >= 4 is 16.5 Å². The molecule has 0 aliphatic carbocycles. The van der Waals surface area contributed by atoms with Crippen LogP contribution in [0.3, 0.4) is 0 Å². The van der Waals surface area contributed by atoms with E-state index >= 15 is 0 Å². The van der Waals surface area contributed by atoms with E-state index < -0.39 is 0 Å². The third kappa shape index (κ3) is 5.14. The van der Waals surface area contributed by atoms with Crippen LogP contribution in [0.5, 0.6) is 23.0 Å². The third-order valence-corrected chi connectivity index (χ3v) is 5.16. The Labute approximate surface area is 184 Å². The highest BCUT2D eigenvalue weighted by Gasteiger charge is 2.18. The smallest absolute Gasteiger partial charge is 0.188 e. The molecule has 0 aromatic heterocycles. The number of nitrogens with one attached hydrogen (secondary N) is 1. The molecule has 0 saturated heterocycles. The van der Waals surface area contributed by atoms with Gasteiger partial charge in [0.2, 0.25) is 0 Å². The number of methoxy groups -OCH3 is 4. The van der Waals surface area contributed by atoms with Crippen molar-refractivity contribution < 1.29 is 23.7 Å². The molecule has 0 aliphatic heterocycles. The molecular weight excluding hydrogens is 394 g/mol. The van der Waals surface area contributed by atoms with Gasteiger partial charge >= 0.3 is 0 Å². The van der Waals surface area contributed by atoms with Gasteiger partial charge < -0.3 is 29.0 Å². The highest BCUT2D eigenvalue weighted by molar-refractivity contribution is 5.99. The number of rotatable bonds is 10. The molecule has 3 rings (SSSR count). The SMILES string of the molecule is COCOc1c(N[C@@H](C)Cc2cc(OC)cc(OC)c2)c(C)cc2cccc(OC)c12. The van der Waals surface area contributed by atoms with Crippen molar-refractivity contribution in [2.24, 2.45) is 0 Å². The summed E-state index contributed by atoms with van der Waals surface area (Å²) in [7, 11) is 6.60. The first-order chi connectivity index (χ1) is 15.0. The van der Waals surface area contributed by atoms with E-state index in [0.717, 1.165) is 57.0 Å². The molecule has 3 aromatic rings. The molecule has 166 valence electrons. The molecule has 0 saturated carbocycles. The molecule has 0 spiro atoms. The van der Waals surface area contributed by atoms with Gasteiger partial charge in [-0.05, 0) is 61.0 Å². The Morgan fingerprint density at radius 1 is 0.903 bits per heavy atom. The second-order valence-electron chi connectivity index (χ2n) is 7.48. The van der Waals surface area contributed by atoms with Crippen molar-refractivity contribution in [3.63, 3.8) is 0 Å². The standard InChI is InChI=1S/C25H31NO5/c1-16-10-19-8-7-9-22(30-6)23(19)25(31-15-27-3)24(16)26-17(2)11-18-12-20(28-4)14-21(13-18)29-5/h7-10,12-14,17,26H,11,15H2,1-6H3/t17-/m0/s1. The number of hydrogen-bond acceptors (Lipinski definition) is 6. The van der Waals surface area contributed by atoms with Crippen LogP contribution in [0.2, 0.25) is 0 Å². The predicted octanol–water partition coefficient (Wildman–Crippen LogP) is 5.20. The maximum Gasteiger partial charge on any atom is 0.188 e. The Bertz CT molecular complexity index is 1010. The molecule has 1 atom stereocenters. The maximum atomic E-state index is 6.04. The van der Waals surface area contributed by atoms with E-state index in [-0.39, 0.29) is 12.8 Å². The van der Waals surface area contributed by atoms with Crippen LogP contribution >= 0.6 is 0 Å². The van der Waals surface area contributed by atoms with E-state index in [1.807, 2.05) is 30.3 Å². The second kappa shape index (κ2) is 10.3. The summed E-state index contributed by atoms with van der Waals surface area (Å²) in [5, 5.41) is 5.61. The van der Waals surface area contributed by atoms with Gasteiger partial charge in [-0.1, -0.05) is 12.1 Å². The number of ether oxygens (including phenoxy) is 5. The fraction of sp³-hybridized carbons (Fsp3) is 0.360. The lowest BCUT2D eigenvalue weighted by molar-refractivity contribution is 0.0526. The fourth-order valence-electron chi connectivity index (χ4n) is 3.77. The Morgan fingerprint density at radius 2 is 1.61 bits per heavy atom. The van der Waals surface area contributed by atoms with Crippen LogP contribution in [0.15, 0.2) is 42.5 Å². The summed E-state index contributed by atoms with van der Waals surface area (Å²) < 4.78 is 27.7. The molecular formula is C25H31NO5. The van der Waals surface area contributed by atoms with Crippen LogP contribution in [-0.2, 0) is 11.2 Å². The number of aryl methyl sites for hydroxylation is 1. The summed E-state index contributed by atoms with van der Waals surface area (Å²) in [6.07, 6.45) is 0.778. The zero-order valence-corrected chi connectivity index (χ0v) is 19.1. The molecule has 1 N–H and O–H groups in total. The summed E-state index contributed by atoms with van der Waals surface area (Å²) in [4.78, 5) is 0. The molecule has 0 bridgehead atoms. The van der Waals surface area contributed by atoms with E-state index in [4.69, 9.17) is 23.7 Å². The van der Waals surface area contributed by atoms with Crippen molar-refractivity contribution in [1.29, 1.82) is 0 Å². The van der Waals surface area contributed by atoms with Crippen LogP contribution < -0.4 is 24.3 Å². The van der Waals surface area contributed by atoms with E-state index in [0.29, 0.717) is 0 Å². The van der Waals surface area contributed by atoms with Crippen LogP contribution in [0.1, 0.15) is 18.1 Å². The minimum atomic E-state index is 0.118. The Hall–Kier alpha value is -3.12. The Morgan fingerprint density at radius 3 is 2.23 bits per heavy atom. The molecule has 3 aromatic carbocycles. The molecule has 6 nitrogen and oxygen atoms in total. The van der Waals surface area contributed by atoms with Gasteiger partial charge in [0.1, 0.15) is 17.2 Å². The number of anilines is 1. The zero-order valence-electron chi connectivity index (χ0n) is 19.1. The second-order valence-corrected chi connectivity index (χ2v) is 7.48. The van der Waals surface area contributed by atoms with Gasteiger partial charge in [0.25, 0.3) is 0 Å². The molecule has 31 heavy (non-hydrogen) atoms. The highest BCUT2D eigenvalue weighted by atomic mass is 16.7. The molecule has 0 aliphatic rings. The van der Waals surface area contributed by atoms with Gasteiger partial charge in [-0.2, -0.15) is 0 Å². The largest absolute Gasteiger partial charge is 0.497 e. The quantitative estimate of drug-likeness (QED) is 0.451. The summed E-state index contributed by atoms with van der Waals surface area (Å²) in [6.45, 7) is 4.35. The summed E-state index contributed by atoms with van der Waals surface area (Å²) in [5.74, 6) is 3.04. The minimum absolute atomic E-state index is 0.118. The van der Waals surface area contributed by atoms with Crippen LogP contribution in [0.4, 0.5) is 5.69 Å². The summed E-state index contributed by atoms with van der Waals surface area (Å²) in [5.41, 5.74) is 3.13. The molecule has 0 unspecified atom stereocenters. The van der Waals surface area contributed by atoms with E-state index in [2.05, 4.69) is 31.3 Å². The third-order valence-electron chi connectivity index (χ3n) is 5.16. The van der Waals surface area contributed by atoms with Gasteiger partial charge in [0.15, 0.2) is 12.5 Å². The minimum Gasteiger partial charge on any atom is -0.497 e. The van der Waals surface area contributed by atoms with Gasteiger partial charge in [0.05, 0.1) is 32.4 Å². The van der Waals surface area contributed by atoms with Crippen molar-refractivity contribution in [1.82, 2.24) is 0 Å². The average Bonchev–Trinajstić information content (AvgIpc) is 2.78. The predicted molar refractivity (Wildman–Crippen MR) is 124 cm³/mol. The van der Waals surface area contributed by atoms with E-state index in [9.17, 15) is 0 Å². The maximum absolute atomic E-state index is 6.04. The Balaban J connectivity index is 1.97.